The molecule has 0 atom stereocenters. The molecule has 0 aliphatic rings. The first-order valence-electron chi connectivity index (χ1n) is 17.1. The number of benzene rings is 6. The van der Waals surface area contributed by atoms with Gasteiger partial charge in [0.15, 0.2) is 8.07 Å². The smallest absolute Gasteiger partial charge is 0.241 e. The van der Waals surface area contributed by atoms with Gasteiger partial charge in [-0.3, -0.25) is 0 Å². The monoisotopic (exact) mass is 638 g/mol. The number of aryl methyl sites for hydroxylation is 2. The molecule has 0 N–H and O–H groups in total. The molecule has 0 saturated heterocycles. The molecule has 236 valence electrons. The van der Waals surface area contributed by atoms with Crippen molar-refractivity contribution in [3.05, 3.63) is 200 Å². The molecule has 6 aromatic carbocycles. The Balaban J connectivity index is 0.000000182. The zero-order valence-electron chi connectivity index (χ0n) is 28.0. The first kappa shape index (κ1) is 32.7. The highest BCUT2D eigenvalue weighted by Gasteiger charge is 2.39. The van der Waals surface area contributed by atoms with E-state index >= 15 is 0 Å². The number of imidazole rings is 1. The van der Waals surface area contributed by atoms with Crippen molar-refractivity contribution in [3.8, 4) is 0 Å². The van der Waals surface area contributed by atoms with Crippen LogP contribution < -0.4 is 31.9 Å². The average molecular weight is 639 g/mol. The average Bonchev–Trinajstić information content (AvgIpc) is 3.69. The van der Waals surface area contributed by atoms with Crippen LogP contribution in [0.25, 0.3) is 0 Å². The molecule has 48 heavy (non-hydrogen) atoms. The van der Waals surface area contributed by atoms with Crippen LogP contribution >= 0.6 is 0 Å². The standard InChI is InChI=1S/C26H28N2Si.C18H15B/c1-3-22-10-14-25(15-11-22)29(21-28-19-18-27-20-28,24-8-6-5-7-9-24)26-16-12-23(4-2)13-17-26;1-4-10-16(11-5-1)19(17-12-6-2-7-13-17)18-14-8-3-9-15-18/h5-20H,3-4,21H2,1-2H3;1-15H. The topological polar surface area (TPSA) is 17.8 Å². The second kappa shape index (κ2) is 16.1. The SMILES string of the molecule is CCc1ccc([Si](Cn2ccnc2)(c2ccccc2)c2ccc(CC)cc2)cc1.c1ccc(B(c2ccccc2)c2ccccc2)cc1. The van der Waals surface area contributed by atoms with Crippen molar-refractivity contribution in [3.63, 3.8) is 0 Å². The maximum Gasteiger partial charge on any atom is 0.241 e. The van der Waals surface area contributed by atoms with Gasteiger partial charge < -0.3 is 4.57 Å². The third-order valence-corrected chi connectivity index (χ3v) is 14.2. The largest absolute Gasteiger partial charge is 0.339 e. The second-order valence-electron chi connectivity index (χ2n) is 12.3. The Morgan fingerprint density at radius 1 is 0.479 bits per heavy atom. The fourth-order valence-corrected chi connectivity index (χ4v) is 11.2. The summed E-state index contributed by atoms with van der Waals surface area (Å²) in [7, 11) is -2.28. The van der Waals surface area contributed by atoms with Gasteiger partial charge in [-0.15, -0.1) is 0 Å². The molecule has 2 nitrogen and oxygen atoms in total. The van der Waals surface area contributed by atoms with E-state index in [4.69, 9.17) is 0 Å². The summed E-state index contributed by atoms with van der Waals surface area (Å²) in [6.07, 6.45) is 8.98. The van der Waals surface area contributed by atoms with Crippen LogP contribution in [0.15, 0.2) is 189 Å². The minimum atomic E-state index is -2.28. The van der Waals surface area contributed by atoms with E-state index in [2.05, 4.69) is 199 Å². The minimum absolute atomic E-state index is 0.309. The summed E-state index contributed by atoms with van der Waals surface area (Å²) < 4.78 is 2.25. The molecule has 0 aliphatic carbocycles. The summed E-state index contributed by atoms with van der Waals surface area (Å²) in [5.74, 6) is 0. The van der Waals surface area contributed by atoms with Gasteiger partial charge in [-0.1, -0.05) is 200 Å². The predicted octanol–water partition coefficient (Wildman–Crippen LogP) is 5.92. The van der Waals surface area contributed by atoms with E-state index in [1.807, 2.05) is 12.5 Å². The lowest BCUT2D eigenvalue weighted by molar-refractivity contribution is 0.862. The lowest BCUT2D eigenvalue weighted by Crippen LogP contribution is -2.69. The Kier molecular flexibility index (Phi) is 11.0. The minimum Gasteiger partial charge on any atom is -0.339 e. The van der Waals surface area contributed by atoms with Gasteiger partial charge in [-0.2, -0.15) is 0 Å². The van der Waals surface area contributed by atoms with Crippen molar-refractivity contribution in [1.29, 1.82) is 0 Å². The van der Waals surface area contributed by atoms with E-state index in [1.54, 1.807) is 0 Å². The highest BCUT2D eigenvalue weighted by atomic mass is 28.3. The van der Waals surface area contributed by atoms with Crippen molar-refractivity contribution >= 4 is 46.7 Å². The zero-order chi connectivity index (χ0) is 33.0. The molecule has 0 saturated carbocycles. The molecular weight excluding hydrogens is 595 g/mol. The molecule has 0 radical (unpaired) electrons. The van der Waals surface area contributed by atoms with Crippen molar-refractivity contribution in [2.24, 2.45) is 0 Å². The molecule has 7 rings (SSSR count). The summed E-state index contributed by atoms with van der Waals surface area (Å²) >= 11 is 0. The van der Waals surface area contributed by atoms with E-state index in [1.165, 1.54) is 43.1 Å². The number of hydrogen-bond acceptors (Lipinski definition) is 1. The summed E-state index contributed by atoms with van der Waals surface area (Å²) in [5.41, 5.74) is 6.77. The molecule has 0 bridgehead atoms. The summed E-state index contributed by atoms with van der Waals surface area (Å²) in [6, 6.07) is 61.8. The van der Waals surface area contributed by atoms with Gasteiger partial charge in [-0.25, -0.2) is 4.98 Å². The van der Waals surface area contributed by atoms with E-state index in [-0.39, 0.29) is 0 Å². The Hall–Kier alpha value is -5.19. The van der Waals surface area contributed by atoms with Crippen LogP contribution in [-0.2, 0) is 19.0 Å². The maximum atomic E-state index is 4.33. The predicted molar refractivity (Wildman–Crippen MR) is 209 cm³/mol. The number of hydrogen-bond donors (Lipinski definition) is 0. The third kappa shape index (κ3) is 7.51. The highest BCUT2D eigenvalue weighted by molar-refractivity contribution is 7.10. The Morgan fingerprint density at radius 2 is 0.854 bits per heavy atom. The first-order chi connectivity index (χ1) is 23.7. The van der Waals surface area contributed by atoms with Gasteiger partial charge in [0.2, 0.25) is 6.71 Å². The van der Waals surface area contributed by atoms with Crippen LogP contribution in [0.4, 0.5) is 0 Å². The summed E-state index contributed by atoms with van der Waals surface area (Å²) in [5, 5.41) is 4.32. The molecule has 7 aromatic rings. The summed E-state index contributed by atoms with van der Waals surface area (Å²) in [6.45, 7) is 4.74. The number of nitrogens with zero attached hydrogens (tertiary/aromatic N) is 2. The second-order valence-corrected chi connectivity index (χ2v) is 16.1. The Labute approximate surface area is 287 Å². The molecular formula is C44H43BN2Si. The molecule has 1 aromatic heterocycles. The molecule has 4 heteroatoms. The van der Waals surface area contributed by atoms with E-state index in [9.17, 15) is 0 Å². The fourth-order valence-electron chi connectivity index (χ4n) is 6.71. The van der Waals surface area contributed by atoms with Gasteiger partial charge in [0, 0.05) is 18.6 Å². The van der Waals surface area contributed by atoms with Crippen molar-refractivity contribution < 1.29 is 0 Å². The van der Waals surface area contributed by atoms with E-state index in [0.717, 1.165) is 19.0 Å². The van der Waals surface area contributed by atoms with E-state index in [0.29, 0.717) is 6.71 Å². The van der Waals surface area contributed by atoms with Crippen molar-refractivity contribution in [1.82, 2.24) is 9.55 Å². The van der Waals surface area contributed by atoms with Crippen LogP contribution in [0, 0.1) is 0 Å². The van der Waals surface area contributed by atoms with Crippen LogP contribution in [0.5, 0.6) is 0 Å². The summed E-state index contributed by atoms with van der Waals surface area (Å²) in [4.78, 5) is 4.33. The number of aromatic nitrogens is 2. The maximum absolute atomic E-state index is 4.33. The Bertz CT molecular complexity index is 1790. The first-order valence-corrected chi connectivity index (χ1v) is 19.3. The normalized spacial score (nSPS) is 11.0. The van der Waals surface area contributed by atoms with Crippen molar-refractivity contribution in [2.45, 2.75) is 32.9 Å². The molecule has 0 fully saturated rings. The van der Waals surface area contributed by atoms with Crippen molar-refractivity contribution in [2.75, 3.05) is 0 Å². The van der Waals surface area contributed by atoms with Crippen LogP contribution in [0.2, 0.25) is 0 Å². The van der Waals surface area contributed by atoms with Crippen LogP contribution in [0.3, 0.4) is 0 Å². The molecule has 0 unspecified atom stereocenters. The molecule has 0 amide bonds. The molecule has 0 aliphatic heterocycles. The third-order valence-electron chi connectivity index (χ3n) is 9.35. The van der Waals surface area contributed by atoms with Gasteiger partial charge in [0.25, 0.3) is 0 Å². The fraction of sp³-hybridized carbons (Fsp3) is 0.114. The highest BCUT2D eigenvalue weighted by Crippen LogP contribution is 2.13. The lowest BCUT2D eigenvalue weighted by atomic mass is 9.37. The van der Waals surface area contributed by atoms with Crippen LogP contribution in [-0.4, -0.2) is 24.3 Å². The lowest BCUT2D eigenvalue weighted by Gasteiger charge is -2.34. The molecule has 1 heterocycles. The van der Waals surface area contributed by atoms with Gasteiger partial charge in [0.05, 0.1) is 6.33 Å². The van der Waals surface area contributed by atoms with Gasteiger partial charge in [0.1, 0.15) is 0 Å². The number of rotatable bonds is 10. The quantitative estimate of drug-likeness (QED) is 0.134. The Morgan fingerprint density at radius 3 is 1.21 bits per heavy atom. The van der Waals surface area contributed by atoms with Gasteiger partial charge >= 0.3 is 0 Å². The zero-order valence-corrected chi connectivity index (χ0v) is 29.0. The van der Waals surface area contributed by atoms with Gasteiger partial charge in [-0.05, 0) is 39.5 Å². The molecule has 0 spiro atoms. The van der Waals surface area contributed by atoms with E-state index < -0.39 is 8.07 Å². The van der Waals surface area contributed by atoms with Crippen LogP contribution in [0.1, 0.15) is 25.0 Å².